The van der Waals surface area contributed by atoms with E-state index in [0.717, 1.165) is 25.9 Å². The van der Waals surface area contributed by atoms with Gasteiger partial charge in [-0.1, -0.05) is 23.4 Å². The third kappa shape index (κ3) is 5.78. The van der Waals surface area contributed by atoms with Crippen LogP contribution in [0.5, 0.6) is 0 Å². The molecular weight excluding hydrogens is 429 g/mol. The van der Waals surface area contributed by atoms with Crippen molar-refractivity contribution in [3.63, 3.8) is 0 Å². The highest BCUT2D eigenvalue weighted by Gasteiger charge is 2.26. The summed E-state index contributed by atoms with van der Waals surface area (Å²) >= 11 is 0. The zero-order valence-corrected chi connectivity index (χ0v) is 17.9. The molecule has 4 rings (SSSR count). The van der Waals surface area contributed by atoms with Crippen molar-refractivity contribution in [2.24, 2.45) is 5.92 Å². The molecule has 1 amide bonds. The maximum absolute atomic E-state index is 13.7. The van der Waals surface area contributed by atoms with E-state index in [9.17, 15) is 19.3 Å². The summed E-state index contributed by atoms with van der Waals surface area (Å²) in [5.41, 5.74) is 1.24. The van der Waals surface area contributed by atoms with E-state index in [1.54, 1.807) is 30.3 Å². The minimum absolute atomic E-state index is 0.00149. The van der Waals surface area contributed by atoms with E-state index in [0.29, 0.717) is 42.4 Å². The molecule has 0 unspecified atom stereocenters. The van der Waals surface area contributed by atoms with E-state index < -0.39 is 4.92 Å². The fourth-order valence-corrected chi connectivity index (χ4v) is 3.88. The lowest BCUT2D eigenvalue weighted by Crippen LogP contribution is -2.40. The Labute approximate surface area is 189 Å². The molecule has 10 heteroatoms. The molecule has 0 aliphatic carbocycles. The van der Waals surface area contributed by atoms with Crippen molar-refractivity contribution in [2.75, 3.05) is 19.6 Å². The molecule has 33 heavy (non-hydrogen) atoms. The first-order chi connectivity index (χ1) is 16.0. The lowest BCUT2D eigenvalue weighted by atomic mass is 9.96. The van der Waals surface area contributed by atoms with Crippen LogP contribution in [-0.4, -0.2) is 45.5 Å². The Hall–Kier alpha value is -3.66. The summed E-state index contributed by atoms with van der Waals surface area (Å²) < 4.78 is 19.0. The van der Waals surface area contributed by atoms with E-state index >= 15 is 0 Å². The summed E-state index contributed by atoms with van der Waals surface area (Å²) in [7, 11) is 0. The molecule has 1 aliphatic heterocycles. The smallest absolute Gasteiger partial charge is 0.269 e. The van der Waals surface area contributed by atoms with Crippen LogP contribution in [0.15, 0.2) is 53.1 Å². The summed E-state index contributed by atoms with van der Waals surface area (Å²) in [4.78, 5) is 29.3. The third-order valence-corrected chi connectivity index (χ3v) is 5.77. The number of non-ortho nitro benzene ring substituents is 1. The van der Waals surface area contributed by atoms with Gasteiger partial charge in [-0.3, -0.25) is 19.8 Å². The third-order valence-electron chi connectivity index (χ3n) is 5.77. The molecule has 1 saturated heterocycles. The Kier molecular flexibility index (Phi) is 7.04. The Morgan fingerprint density at radius 3 is 2.61 bits per heavy atom. The lowest BCUT2D eigenvalue weighted by molar-refractivity contribution is -0.384. The van der Waals surface area contributed by atoms with E-state index in [2.05, 4.69) is 20.4 Å². The standard InChI is InChI=1S/C23H24FN5O4/c24-20-4-2-1-3-16(20)9-12-25-23(30)18-10-13-28(14-11-18)15-21-26-22(27-33-21)17-5-7-19(8-6-17)29(31)32/h1-8,18H,9-15H2,(H,25,30). The molecule has 2 aromatic carbocycles. The van der Waals surface area contributed by atoms with Crippen LogP contribution in [0.25, 0.3) is 11.4 Å². The molecule has 0 radical (unpaired) electrons. The number of rotatable bonds is 8. The van der Waals surface area contributed by atoms with Gasteiger partial charge in [-0.25, -0.2) is 4.39 Å². The SMILES string of the molecule is O=C(NCCc1ccccc1F)C1CCN(Cc2nc(-c3ccc([N+](=O)[O-])cc3)no2)CC1. The van der Waals surface area contributed by atoms with E-state index in [4.69, 9.17) is 4.52 Å². The van der Waals surface area contributed by atoms with Crippen molar-refractivity contribution in [1.29, 1.82) is 0 Å². The molecule has 0 bridgehead atoms. The van der Waals surface area contributed by atoms with Gasteiger partial charge in [-0.05, 0) is 56.1 Å². The van der Waals surface area contributed by atoms with Crippen LogP contribution >= 0.6 is 0 Å². The summed E-state index contributed by atoms with van der Waals surface area (Å²) in [5.74, 6) is 0.516. The molecule has 2 heterocycles. The van der Waals surface area contributed by atoms with Gasteiger partial charge in [0.1, 0.15) is 5.82 Å². The molecule has 1 fully saturated rings. The summed E-state index contributed by atoms with van der Waals surface area (Å²) in [6.45, 7) is 2.33. The summed E-state index contributed by atoms with van der Waals surface area (Å²) in [6, 6.07) is 12.6. The number of hydrogen-bond donors (Lipinski definition) is 1. The van der Waals surface area contributed by atoms with Gasteiger partial charge < -0.3 is 9.84 Å². The number of halogens is 1. The highest BCUT2D eigenvalue weighted by atomic mass is 19.1. The van der Waals surface area contributed by atoms with Crippen molar-refractivity contribution in [1.82, 2.24) is 20.4 Å². The molecule has 1 aromatic heterocycles. The molecular formula is C23H24FN5O4. The number of amides is 1. The highest BCUT2D eigenvalue weighted by molar-refractivity contribution is 5.78. The number of carbonyl (C=O) groups is 1. The Morgan fingerprint density at radius 2 is 1.91 bits per heavy atom. The van der Waals surface area contributed by atoms with Crippen LogP contribution in [-0.2, 0) is 17.8 Å². The fourth-order valence-electron chi connectivity index (χ4n) is 3.88. The number of likely N-dealkylation sites (tertiary alicyclic amines) is 1. The van der Waals surface area contributed by atoms with Gasteiger partial charge in [0.2, 0.25) is 17.6 Å². The molecule has 0 spiro atoms. The van der Waals surface area contributed by atoms with E-state index in [-0.39, 0.29) is 23.3 Å². The maximum atomic E-state index is 13.7. The van der Waals surface area contributed by atoms with Crippen molar-refractivity contribution < 1.29 is 18.6 Å². The molecule has 1 aliphatic rings. The highest BCUT2D eigenvalue weighted by Crippen LogP contribution is 2.22. The van der Waals surface area contributed by atoms with Crippen molar-refractivity contribution in [2.45, 2.75) is 25.8 Å². The quantitative estimate of drug-likeness (QED) is 0.411. The van der Waals surface area contributed by atoms with Gasteiger partial charge in [0, 0.05) is 30.2 Å². The molecule has 9 nitrogen and oxygen atoms in total. The number of piperidine rings is 1. The second kappa shape index (κ2) is 10.3. The normalized spacial score (nSPS) is 14.8. The van der Waals surface area contributed by atoms with Gasteiger partial charge in [0.05, 0.1) is 11.5 Å². The van der Waals surface area contributed by atoms with Crippen LogP contribution in [0.3, 0.4) is 0 Å². The average Bonchev–Trinajstić information content (AvgIpc) is 3.29. The van der Waals surface area contributed by atoms with Gasteiger partial charge in [-0.2, -0.15) is 4.98 Å². The fraction of sp³-hybridized carbons (Fsp3) is 0.348. The minimum atomic E-state index is -0.460. The number of nitrogens with one attached hydrogen (secondary N) is 1. The van der Waals surface area contributed by atoms with E-state index in [1.165, 1.54) is 18.2 Å². The minimum Gasteiger partial charge on any atom is -0.356 e. The van der Waals surface area contributed by atoms with Crippen molar-refractivity contribution in [3.05, 3.63) is 75.9 Å². The van der Waals surface area contributed by atoms with Crippen molar-refractivity contribution in [3.8, 4) is 11.4 Å². The summed E-state index contributed by atoms with van der Waals surface area (Å²) in [5, 5.41) is 17.7. The predicted octanol–water partition coefficient (Wildman–Crippen LogP) is 3.35. The molecule has 0 saturated carbocycles. The molecule has 3 aromatic rings. The summed E-state index contributed by atoms with van der Waals surface area (Å²) in [6.07, 6.45) is 1.90. The second-order valence-electron chi connectivity index (χ2n) is 8.00. The Bertz CT molecular complexity index is 1110. The Morgan fingerprint density at radius 1 is 1.18 bits per heavy atom. The monoisotopic (exact) mass is 453 g/mol. The molecule has 1 N–H and O–H groups in total. The number of nitrogens with zero attached hydrogens (tertiary/aromatic N) is 4. The Balaban J connectivity index is 1.22. The zero-order valence-electron chi connectivity index (χ0n) is 17.9. The first kappa shape index (κ1) is 22.5. The van der Waals surface area contributed by atoms with Crippen molar-refractivity contribution >= 4 is 11.6 Å². The first-order valence-electron chi connectivity index (χ1n) is 10.8. The topological polar surface area (TPSA) is 114 Å². The maximum Gasteiger partial charge on any atom is 0.269 e. The molecule has 0 atom stereocenters. The van der Waals surface area contributed by atoms with Gasteiger partial charge in [0.15, 0.2) is 0 Å². The second-order valence-corrected chi connectivity index (χ2v) is 8.00. The van der Waals surface area contributed by atoms with Crippen LogP contribution in [0, 0.1) is 21.8 Å². The average molecular weight is 453 g/mol. The number of aromatic nitrogens is 2. The van der Waals surface area contributed by atoms with Gasteiger partial charge in [-0.15, -0.1) is 0 Å². The van der Waals surface area contributed by atoms with Crippen LogP contribution in [0.1, 0.15) is 24.3 Å². The largest absolute Gasteiger partial charge is 0.356 e. The van der Waals surface area contributed by atoms with Gasteiger partial charge >= 0.3 is 0 Å². The first-order valence-corrected chi connectivity index (χ1v) is 10.8. The zero-order chi connectivity index (χ0) is 23.2. The van der Waals surface area contributed by atoms with Crippen LogP contribution < -0.4 is 5.32 Å². The number of carbonyl (C=O) groups excluding carboxylic acids is 1. The van der Waals surface area contributed by atoms with Crippen LogP contribution in [0.2, 0.25) is 0 Å². The van der Waals surface area contributed by atoms with E-state index in [1.807, 2.05) is 0 Å². The number of benzene rings is 2. The van der Waals surface area contributed by atoms with Crippen LogP contribution in [0.4, 0.5) is 10.1 Å². The predicted molar refractivity (Wildman–Crippen MR) is 118 cm³/mol. The molecule has 172 valence electrons. The van der Waals surface area contributed by atoms with Gasteiger partial charge in [0.25, 0.3) is 5.69 Å². The number of hydrogen-bond acceptors (Lipinski definition) is 7. The number of nitro groups is 1. The lowest BCUT2D eigenvalue weighted by Gasteiger charge is -2.30. The number of nitro benzene ring substituents is 1.